The van der Waals surface area contributed by atoms with E-state index in [2.05, 4.69) is 14.9 Å². The van der Waals surface area contributed by atoms with E-state index in [1.54, 1.807) is 20.5 Å². The molecule has 1 aliphatic carbocycles. The van der Waals surface area contributed by atoms with E-state index in [0.29, 0.717) is 24.0 Å². The predicted octanol–water partition coefficient (Wildman–Crippen LogP) is 1.92. The van der Waals surface area contributed by atoms with Gasteiger partial charge in [-0.3, -0.25) is 0 Å². The number of methoxy groups -OCH3 is 2. The summed E-state index contributed by atoms with van der Waals surface area (Å²) in [7, 11) is -0.385. The average Bonchev–Trinajstić information content (AvgIpc) is 3.57. The summed E-state index contributed by atoms with van der Waals surface area (Å²) in [4.78, 5) is 11.2. The number of ether oxygens (including phenoxy) is 2. The molecule has 10 heteroatoms. The summed E-state index contributed by atoms with van der Waals surface area (Å²) in [6.07, 6.45) is 6.24. The fraction of sp³-hybridized carbons (Fsp3) is 0.600. The summed E-state index contributed by atoms with van der Waals surface area (Å²) >= 11 is 0. The number of fused-ring (bicyclic) bond motifs is 1. The number of piperidine rings is 1. The lowest BCUT2D eigenvalue weighted by molar-refractivity contribution is 0.320. The summed E-state index contributed by atoms with van der Waals surface area (Å²) in [6.45, 7) is 2.25. The molecule has 2 N–H and O–H groups in total. The van der Waals surface area contributed by atoms with Crippen molar-refractivity contribution in [3.63, 3.8) is 0 Å². The van der Waals surface area contributed by atoms with E-state index >= 15 is 0 Å². The fourth-order valence-electron chi connectivity index (χ4n) is 4.24. The van der Waals surface area contributed by atoms with E-state index in [1.165, 1.54) is 4.31 Å². The van der Waals surface area contributed by atoms with Gasteiger partial charge < -0.3 is 14.4 Å². The molecule has 2 aromatic rings. The number of aromatic nitrogens is 2. The molecule has 1 aromatic heterocycles. The number of nitrogens with zero attached hydrogens (tertiary/aromatic N) is 4. The zero-order chi connectivity index (χ0) is 21.3. The molecule has 4 rings (SSSR count). The molecule has 2 fully saturated rings. The number of anilines is 1. The average molecular weight is 436 g/mol. The van der Waals surface area contributed by atoms with Crippen LogP contribution in [0.5, 0.6) is 11.5 Å². The Morgan fingerprint density at radius 2 is 1.77 bits per heavy atom. The second-order valence-electron chi connectivity index (χ2n) is 8.03. The highest BCUT2D eigenvalue weighted by Crippen LogP contribution is 2.36. The maximum Gasteiger partial charge on any atom is 0.277 e. The third kappa shape index (κ3) is 4.45. The highest BCUT2D eigenvalue weighted by Gasteiger charge is 2.35. The van der Waals surface area contributed by atoms with Gasteiger partial charge in [0.15, 0.2) is 11.5 Å². The molecular formula is C20H29N5O4S. The van der Waals surface area contributed by atoms with Crippen LogP contribution in [-0.4, -0.2) is 62.6 Å². The largest absolute Gasteiger partial charge is 0.493 e. The Morgan fingerprint density at radius 3 is 2.37 bits per heavy atom. The van der Waals surface area contributed by atoms with Crippen molar-refractivity contribution in [2.24, 2.45) is 11.1 Å². The zero-order valence-corrected chi connectivity index (χ0v) is 18.3. The molecule has 9 nitrogen and oxygen atoms in total. The highest BCUT2D eigenvalue weighted by molar-refractivity contribution is 7.86. The van der Waals surface area contributed by atoms with Crippen molar-refractivity contribution in [3.05, 3.63) is 18.5 Å². The molecule has 30 heavy (non-hydrogen) atoms. The monoisotopic (exact) mass is 435 g/mol. The summed E-state index contributed by atoms with van der Waals surface area (Å²) in [5, 5.41) is 6.32. The lowest BCUT2D eigenvalue weighted by atomic mass is 9.93. The maximum atomic E-state index is 11.8. The van der Waals surface area contributed by atoms with Crippen LogP contribution < -0.4 is 19.5 Å². The van der Waals surface area contributed by atoms with Gasteiger partial charge in [-0.2, -0.15) is 12.7 Å². The van der Waals surface area contributed by atoms with E-state index in [0.717, 1.165) is 61.9 Å². The highest BCUT2D eigenvalue weighted by atomic mass is 32.2. The number of hydrogen-bond donors (Lipinski definition) is 1. The smallest absolute Gasteiger partial charge is 0.277 e. The van der Waals surface area contributed by atoms with Crippen LogP contribution >= 0.6 is 0 Å². The van der Waals surface area contributed by atoms with Gasteiger partial charge in [-0.25, -0.2) is 15.1 Å². The molecule has 1 saturated heterocycles. The first-order valence-electron chi connectivity index (χ1n) is 10.3. The minimum atomic E-state index is -3.61. The minimum absolute atomic E-state index is 0.111. The first-order valence-corrected chi connectivity index (χ1v) is 11.8. The molecule has 1 aromatic carbocycles. The van der Waals surface area contributed by atoms with Crippen LogP contribution in [0.4, 0.5) is 5.82 Å². The van der Waals surface area contributed by atoms with Gasteiger partial charge in [0, 0.05) is 37.1 Å². The van der Waals surface area contributed by atoms with Crippen LogP contribution in [0, 0.1) is 5.92 Å². The van der Waals surface area contributed by atoms with Gasteiger partial charge in [-0.1, -0.05) is 0 Å². The molecule has 0 bridgehead atoms. The first-order chi connectivity index (χ1) is 14.4. The van der Waals surface area contributed by atoms with Crippen LogP contribution in [0.25, 0.3) is 10.9 Å². The SMILES string of the molecule is COc1cc2ncnc(N3CCC(CCN(C4CC4)S(N)(=O)=O)CC3)c2cc1OC. The summed E-state index contributed by atoms with van der Waals surface area (Å²) in [6, 6.07) is 3.90. The molecule has 0 radical (unpaired) electrons. The van der Waals surface area contributed by atoms with Crippen LogP contribution in [0.3, 0.4) is 0 Å². The van der Waals surface area contributed by atoms with Crippen molar-refractivity contribution in [1.82, 2.24) is 14.3 Å². The van der Waals surface area contributed by atoms with Crippen molar-refractivity contribution in [1.29, 1.82) is 0 Å². The zero-order valence-electron chi connectivity index (χ0n) is 17.5. The van der Waals surface area contributed by atoms with E-state index < -0.39 is 10.2 Å². The van der Waals surface area contributed by atoms with E-state index in [9.17, 15) is 8.42 Å². The van der Waals surface area contributed by atoms with Crippen molar-refractivity contribution in [2.75, 3.05) is 38.8 Å². The summed E-state index contributed by atoms with van der Waals surface area (Å²) in [5.74, 6) is 2.66. The quantitative estimate of drug-likeness (QED) is 0.674. The Bertz CT molecular complexity index is 1000. The van der Waals surface area contributed by atoms with Crippen molar-refractivity contribution in [3.8, 4) is 11.5 Å². The van der Waals surface area contributed by atoms with Gasteiger partial charge in [0.2, 0.25) is 0 Å². The fourth-order valence-corrected chi connectivity index (χ4v) is 5.23. The second kappa shape index (κ2) is 8.52. The van der Waals surface area contributed by atoms with E-state index in [1.807, 2.05) is 12.1 Å². The third-order valence-corrected chi connectivity index (χ3v) is 7.21. The maximum absolute atomic E-state index is 11.8. The molecule has 2 heterocycles. The third-order valence-electron chi connectivity index (χ3n) is 6.07. The number of benzene rings is 1. The van der Waals surface area contributed by atoms with Gasteiger partial charge in [-0.05, 0) is 44.1 Å². The Morgan fingerprint density at radius 1 is 1.10 bits per heavy atom. The lowest BCUT2D eigenvalue weighted by Crippen LogP contribution is -2.41. The Hall–Kier alpha value is -2.17. The van der Waals surface area contributed by atoms with Crippen LogP contribution in [-0.2, 0) is 10.2 Å². The minimum Gasteiger partial charge on any atom is -0.493 e. The van der Waals surface area contributed by atoms with Gasteiger partial charge >= 0.3 is 0 Å². The topological polar surface area (TPSA) is 111 Å². The van der Waals surface area contributed by atoms with Gasteiger partial charge in [0.1, 0.15) is 12.1 Å². The van der Waals surface area contributed by atoms with Crippen LogP contribution in [0.2, 0.25) is 0 Å². The Labute approximate surface area is 177 Å². The molecule has 0 amide bonds. The molecule has 0 atom stereocenters. The lowest BCUT2D eigenvalue weighted by Gasteiger charge is -2.34. The van der Waals surface area contributed by atoms with Gasteiger partial charge in [0.05, 0.1) is 19.7 Å². The molecule has 164 valence electrons. The predicted molar refractivity (Wildman–Crippen MR) is 115 cm³/mol. The second-order valence-corrected chi connectivity index (χ2v) is 9.53. The molecule has 0 spiro atoms. The molecule has 0 unspecified atom stereocenters. The number of hydrogen-bond acceptors (Lipinski definition) is 7. The van der Waals surface area contributed by atoms with Crippen molar-refractivity contribution in [2.45, 2.75) is 38.1 Å². The summed E-state index contributed by atoms with van der Waals surface area (Å²) in [5.41, 5.74) is 0.813. The Balaban J connectivity index is 1.43. The standard InChI is InChI=1S/C20H29N5O4S/c1-28-18-11-16-17(12-19(18)29-2)22-13-23-20(16)24-8-5-14(6-9-24)7-10-25(15-3-4-15)30(21,26)27/h11-15H,3-10H2,1-2H3,(H2,21,26,27). The first kappa shape index (κ1) is 21.1. The van der Waals surface area contributed by atoms with Crippen molar-refractivity contribution < 1.29 is 17.9 Å². The van der Waals surface area contributed by atoms with Crippen LogP contribution in [0.15, 0.2) is 18.5 Å². The van der Waals surface area contributed by atoms with Crippen LogP contribution in [0.1, 0.15) is 32.1 Å². The molecule has 1 aliphatic heterocycles. The number of rotatable bonds is 8. The Kier molecular flexibility index (Phi) is 5.99. The summed E-state index contributed by atoms with van der Waals surface area (Å²) < 4.78 is 35.9. The number of nitrogens with two attached hydrogens (primary N) is 1. The van der Waals surface area contributed by atoms with E-state index in [4.69, 9.17) is 14.6 Å². The van der Waals surface area contributed by atoms with E-state index in [-0.39, 0.29) is 6.04 Å². The van der Waals surface area contributed by atoms with Crippen molar-refractivity contribution >= 4 is 26.9 Å². The normalized spacial score (nSPS) is 18.2. The van der Waals surface area contributed by atoms with Gasteiger partial charge in [-0.15, -0.1) is 0 Å². The molecule has 2 aliphatic rings. The molecule has 1 saturated carbocycles. The molecular weight excluding hydrogens is 406 g/mol. The van der Waals surface area contributed by atoms with Gasteiger partial charge in [0.25, 0.3) is 10.2 Å².